The molecule has 0 aliphatic carbocycles. The van der Waals surface area contributed by atoms with Gasteiger partial charge in [0.05, 0.1) is 0 Å². The molecule has 24 heavy (non-hydrogen) atoms. The molecule has 0 radical (unpaired) electrons. The van der Waals surface area contributed by atoms with Crippen LogP contribution in [0.2, 0.25) is 0 Å². The Bertz CT molecular complexity index is 449. The van der Waals surface area contributed by atoms with Crippen LogP contribution in [0.15, 0.2) is 0 Å². The molecular weight excluding hydrogens is 455 g/mol. The summed E-state index contributed by atoms with van der Waals surface area (Å²) in [4.78, 5) is 34.0. The molecule has 0 aliphatic heterocycles. The molecule has 0 spiro atoms. The Morgan fingerprint density at radius 1 is 0.958 bits per heavy atom. The summed E-state index contributed by atoms with van der Waals surface area (Å²) < 4.78 is 5.69. The third kappa shape index (κ3) is 14.3. The van der Waals surface area contributed by atoms with Gasteiger partial charge >= 0.3 is 18.0 Å². The molecular formula is C11H13Cl6NO6. The summed E-state index contributed by atoms with van der Waals surface area (Å²) in [7, 11) is 0. The minimum atomic E-state index is -1.84. The highest BCUT2D eigenvalue weighted by atomic mass is 35.6. The van der Waals surface area contributed by atoms with Crippen LogP contribution >= 0.6 is 69.6 Å². The van der Waals surface area contributed by atoms with Crippen molar-refractivity contribution in [1.29, 1.82) is 0 Å². The quantitative estimate of drug-likeness (QED) is 0.417. The lowest BCUT2D eigenvalue weighted by Crippen LogP contribution is -2.43. The number of carboxylic acid groups (broad SMARTS) is 1. The Labute approximate surface area is 167 Å². The molecule has 0 rings (SSSR count). The van der Waals surface area contributed by atoms with Gasteiger partial charge in [0, 0.05) is 6.42 Å². The number of esters is 1. The summed E-state index contributed by atoms with van der Waals surface area (Å²) in [5, 5.41) is 10.8. The van der Waals surface area contributed by atoms with E-state index in [9.17, 15) is 14.4 Å². The second-order valence-electron chi connectivity index (χ2n) is 4.40. The third-order valence-corrected chi connectivity index (χ3v) is 2.86. The van der Waals surface area contributed by atoms with Crippen molar-refractivity contribution in [3.63, 3.8) is 0 Å². The number of rotatable bonds is 8. The molecule has 2 N–H and O–H groups in total. The maximum Gasteiger partial charge on any atom is 0.407 e. The van der Waals surface area contributed by atoms with E-state index in [0.717, 1.165) is 0 Å². The van der Waals surface area contributed by atoms with Crippen LogP contribution in [0, 0.1) is 0 Å². The van der Waals surface area contributed by atoms with Crippen molar-refractivity contribution in [3.8, 4) is 0 Å². The summed E-state index contributed by atoms with van der Waals surface area (Å²) in [6, 6.07) is -1.22. The fourth-order valence-corrected chi connectivity index (χ4v) is 1.62. The Hall–Kier alpha value is -0.0500. The third-order valence-electron chi connectivity index (χ3n) is 2.21. The highest BCUT2D eigenvalue weighted by molar-refractivity contribution is 6.68. The maximum atomic E-state index is 11.9. The van der Waals surface area contributed by atoms with E-state index in [1.54, 1.807) is 0 Å². The van der Waals surface area contributed by atoms with Crippen LogP contribution in [0.1, 0.15) is 19.3 Å². The van der Waals surface area contributed by atoms with E-state index in [2.05, 4.69) is 10.1 Å². The largest absolute Gasteiger partial charge is 0.481 e. The van der Waals surface area contributed by atoms with E-state index in [-0.39, 0.29) is 19.3 Å². The number of halogens is 6. The number of alkyl carbamates (subject to hydrolysis) is 1. The van der Waals surface area contributed by atoms with Crippen LogP contribution in [0.5, 0.6) is 0 Å². The number of alkyl halides is 6. The molecule has 1 atom stereocenters. The summed E-state index contributed by atoms with van der Waals surface area (Å²) in [5.74, 6) is -2.00. The number of carbonyl (C=O) groups excluding carboxylic acids is 2. The van der Waals surface area contributed by atoms with Crippen LogP contribution < -0.4 is 5.32 Å². The number of hydrogen-bond acceptors (Lipinski definition) is 5. The zero-order chi connectivity index (χ0) is 19.0. The van der Waals surface area contributed by atoms with Crippen LogP contribution in [-0.4, -0.2) is 50.0 Å². The fraction of sp³-hybridized carbons (Fsp3) is 0.727. The van der Waals surface area contributed by atoms with Gasteiger partial charge in [0.25, 0.3) is 0 Å². The molecule has 140 valence electrons. The first-order valence-electron chi connectivity index (χ1n) is 6.25. The van der Waals surface area contributed by atoms with Crippen LogP contribution in [0.25, 0.3) is 0 Å². The molecule has 0 saturated heterocycles. The molecule has 0 bridgehead atoms. The summed E-state index contributed by atoms with van der Waals surface area (Å²) in [5.41, 5.74) is 0. The first kappa shape index (κ1) is 23.9. The van der Waals surface area contributed by atoms with Gasteiger partial charge in [-0.2, -0.15) is 0 Å². The van der Waals surface area contributed by atoms with Crippen molar-refractivity contribution < 1.29 is 29.0 Å². The molecule has 1 amide bonds. The van der Waals surface area contributed by atoms with Gasteiger partial charge in [-0.1, -0.05) is 69.6 Å². The van der Waals surface area contributed by atoms with Crippen molar-refractivity contribution in [2.45, 2.75) is 32.9 Å². The lowest BCUT2D eigenvalue weighted by Gasteiger charge is -2.19. The van der Waals surface area contributed by atoms with Crippen LogP contribution in [0.4, 0.5) is 4.79 Å². The van der Waals surface area contributed by atoms with Crippen LogP contribution in [0.3, 0.4) is 0 Å². The molecule has 13 heteroatoms. The summed E-state index contributed by atoms with van der Waals surface area (Å²) >= 11 is 32.6. The van der Waals surface area contributed by atoms with Gasteiger partial charge in [0.1, 0.15) is 19.3 Å². The van der Waals surface area contributed by atoms with Crippen molar-refractivity contribution in [2.24, 2.45) is 0 Å². The fourth-order valence-electron chi connectivity index (χ4n) is 1.29. The van der Waals surface area contributed by atoms with Gasteiger partial charge in [-0.15, -0.1) is 0 Å². The van der Waals surface area contributed by atoms with Crippen molar-refractivity contribution >= 4 is 87.6 Å². The predicted octanol–water partition coefficient (Wildman–Crippen LogP) is 3.62. The van der Waals surface area contributed by atoms with Gasteiger partial charge in [-0.3, -0.25) is 4.79 Å². The molecule has 0 fully saturated rings. The molecule has 0 saturated carbocycles. The van der Waals surface area contributed by atoms with E-state index in [1.165, 1.54) is 0 Å². The topological polar surface area (TPSA) is 102 Å². The maximum absolute atomic E-state index is 11.9. The SMILES string of the molecule is O=C(O)CCC[C@@H](NC(=O)OCC(Cl)(Cl)Cl)C(=O)OCC(Cl)(Cl)Cl. The molecule has 7 nitrogen and oxygen atoms in total. The van der Waals surface area contributed by atoms with Crippen molar-refractivity contribution in [1.82, 2.24) is 5.32 Å². The lowest BCUT2D eigenvalue weighted by molar-refractivity contribution is -0.146. The monoisotopic (exact) mass is 465 g/mol. The van der Waals surface area contributed by atoms with E-state index >= 15 is 0 Å². The lowest BCUT2D eigenvalue weighted by atomic mass is 10.1. The van der Waals surface area contributed by atoms with Crippen molar-refractivity contribution in [2.75, 3.05) is 13.2 Å². The van der Waals surface area contributed by atoms with Crippen LogP contribution in [-0.2, 0) is 19.1 Å². The highest BCUT2D eigenvalue weighted by Gasteiger charge is 2.29. The van der Waals surface area contributed by atoms with Gasteiger partial charge in [-0.25, -0.2) is 9.59 Å². The van der Waals surface area contributed by atoms with Gasteiger partial charge in [0.15, 0.2) is 0 Å². The predicted molar refractivity (Wildman–Crippen MR) is 91.3 cm³/mol. The standard InChI is InChI=1S/C11H13Cl6NO6/c12-10(13,14)4-23-8(21)6(2-1-3-7(19)20)18-9(22)24-5-11(15,16)17/h6H,1-5H2,(H,18,22)(H,19,20)/t6-/m1/s1. The summed E-state index contributed by atoms with van der Waals surface area (Å²) in [6.45, 7) is -1.12. The smallest absolute Gasteiger partial charge is 0.407 e. The number of carbonyl (C=O) groups is 3. The first-order valence-corrected chi connectivity index (χ1v) is 8.52. The van der Waals surface area contributed by atoms with Gasteiger partial charge < -0.3 is 19.9 Å². The minimum Gasteiger partial charge on any atom is -0.481 e. The minimum absolute atomic E-state index is 0.0478. The van der Waals surface area contributed by atoms with Gasteiger partial charge in [-0.05, 0) is 12.8 Å². The zero-order valence-electron chi connectivity index (χ0n) is 11.9. The van der Waals surface area contributed by atoms with Gasteiger partial charge in [0.2, 0.25) is 7.59 Å². The zero-order valence-corrected chi connectivity index (χ0v) is 16.4. The van der Waals surface area contributed by atoms with E-state index in [1.807, 2.05) is 0 Å². The Morgan fingerprint density at radius 2 is 1.46 bits per heavy atom. The number of carboxylic acids is 1. The van der Waals surface area contributed by atoms with E-state index in [0.29, 0.717) is 0 Å². The van der Waals surface area contributed by atoms with E-state index < -0.39 is 44.9 Å². The molecule has 0 unspecified atom stereocenters. The summed E-state index contributed by atoms with van der Waals surface area (Å²) in [6.07, 6.45) is -1.26. The molecule has 0 aliphatic rings. The number of amides is 1. The molecule has 0 aromatic rings. The average Bonchev–Trinajstić information content (AvgIpc) is 2.39. The Balaban J connectivity index is 4.64. The normalized spacial score (nSPS) is 13.1. The number of hydrogen-bond donors (Lipinski definition) is 2. The van der Waals surface area contributed by atoms with E-state index in [4.69, 9.17) is 79.4 Å². The molecule has 0 aromatic carbocycles. The molecule has 0 heterocycles. The number of ether oxygens (including phenoxy) is 2. The highest BCUT2D eigenvalue weighted by Crippen LogP contribution is 2.27. The number of nitrogens with one attached hydrogen (secondary N) is 1. The second-order valence-corrected chi connectivity index (χ2v) is 9.43. The number of aliphatic carboxylic acids is 1. The molecule has 0 aromatic heterocycles. The second kappa shape index (κ2) is 10.8. The van der Waals surface area contributed by atoms with Crippen molar-refractivity contribution in [3.05, 3.63) is 0 Å². The average molecular weight is 468 g/mol. The Kier molecular flexibility index (Phi) is 10.8. The first-order chi connectivity index (χ1) is 10.8. The Morgan fingerprint density at radius 3 is 1.92 bits per heavy atom.